The van der Waals surface area contributed by atoms with Crippen molar-refractivity contribution in [1.82, 2.24) is 0 Å². The Balaban J connectivity index is 0.000000916. The molecule has 0 aromatic heterocycles. The average Bonchev–Trinajstić information content (AvgIpc) is 1.65. The highest BCUT2D eigenvalue weighted by atomic mass is 16.4. The standard InChI is InChI=1S/2C26H40O2.C25H38O2.2C24H36O4.10CH4/c1-20-12-13-22(10-6-4-8-14-25(3)16-17-25)23(21(20)2)11-7-5-9-15-26(18-19-26)24(27)28;1-20-18-22(10-6-4-8-12-25(3)14-15-25)23(19-21(20)2)11-7-5-9-13-26(16-17-26)24(27)28;1-20-11-12-21(9-5-3-7-13-24(2)15-16-24)22(19-20)10-6-4-8-14-25(17-18-25)23(26)27;1-23(14-15-23)12-6-2-4-8-18-10-11-20(25)21(26)19(18)9-5-3-7-13-24(16-17-24)22(27)28;1-23(12-13-23)10-6-2-4-8-18-16-20(25)21(26)17-19(18)9-5-3-7-11-24(14-15-24)22(27)28;;;;;;;;;;/h12-13H,4-11,14-19H2,1-3H3,(H,27,28);18-19H,4-17H2,1-3H3,(H,27,28);11-12,19H,3-10,13-18H2,1-2H3,(H,26,27);10-11,25-26H,2-9,12-17H2,1H3,(H,27,28);16-17,25-26H,2-15H2,1H3,(H,27,28);10*1H4. The van der Waals surface area contributed by atoms with Crippen LogP contribution in [0.2, 0.25) is 0 Å². The highest BCUT2D eigenvalue weighted by Crippen LogP contribution is 2.57. The first-order valence-electron chi connectivity index (χ1n) is 56.8. The Labute approximate surface area is 914 Å². The monoisotopic (exact) mass is 2080 g/mol. The van der Waals surface area contributed by atoms with Crippen molar-refractivity contribution in [3.63, 3.8) is 0 Å². The van der Waals surface area contributed by atoms with E-state index < -0.39 is 40.7 Å². The zero-order chi connectivity index (χ0) is 100. The molecule has 0 amide bonds. The van der Waals surface area contributed by atoms with E-state index in [0.717, 1.165) is 253 Å². The number of rotatable bonds is 65. The highest BCUT2D eigenvalue weighted by molar-refractivity contribution is 5.79. The molecule has 854 valence electrons. The SMILES string of the molecule is C.C.C.C.C.C.C.C.C.C.CC1(CCCCCc2cc(O)c(O)cc2CCCCCC2(C(=O)O)CC2)CC1.CC1(CCCCCc2ccc(O)c(O)c2CCCCCC2(C(=O)O)CC2)CC1.Cc1cc(CCCCCC2(C)CC2)c(CCCCCC2(C(=O)O)CC2)cc1C.Cc1ccc(CCCCCC2(C)CC2)c(CCCCCC2(C(=O)O)CC2)c1.Cc1ccc(CCCCCC2(C)CC2)c(CCCCCC2(C(=O)O)CC2)c1C. The fourth-order valence-electron chi connectivity index (χ4n) is 22.3. The lowest BCUT2D eigenvalue weighted by molar-refractivity contribution is -0.144. The average molecular weight is 2080 g/mol. The number of hydrogen-bond donors (Lipinski definition) is 9. The summed E-state index contributed by atoms with van der Waals surface area (Å²) in [6.07, 6.45) is 80.0. The highest BCUT2D eigenvalue weighted by Gasteiger charge is 2.53. The first-order chi connectivity index (χ1) is 66.3. The van der Waals surface area contributed by atoms with Gasteiger partial charge in [-0.25, -0.2) is 0 Å². The van der Waals surface area contributed by atoms with Crippen LogP contribution in [-0.2, 0) is 88.2 Å². The predicted molar refractivity (Wildman–Crippen MR) is 635 cm³/mol. The first kappa shape index (κ1) is 140. The summed E-state index contributed by atoms with van der Waals surface area (Å²) in [4.78, 5) is 56.3. The number of carboxylic acids is 5. The number of phenolic OH excluding ortho intramolecular Hbond substituents is 4. The minimum absolute atomic E-state index is 0. The summed E-state index contributed by atoms with van der Waals surface area (Å²) >= 11 is 0. The van der Waals surface area contributed by atoms with E-state index in [9.17, 15) is 69.9 Å². The van der Waals surface area contributed by atoms with Gasteiger partial charge in [-0.2, -0.15) is 0 Å². The number of carbonyl (C=O) groups is 5. The van der Waals surface area contributed by atoms with Gasteiger partial charge in [-0.05, 0) is 473 Å². The molecule has 14 heteroatoms. The van der Waals surface area contributed by atoms with Gasteiger partial charge >= 0.3 is 29.8 Å². The van der Waals surface area contributed by atoms with E-state index in [2.05, 4.69) is 112 Å². The molecule has 10 saturated carbocycles. The number of aryl methyl sites for hydroxylation is 12. The summed E-state index contributed by atoms with van der Waals surface area (Å²) in [5.74, 6) is -3.05. The van der Waals surface area contributed by atoms with Crippen LogP contribution in [0.4, 0.5) is 0 Å². The lowest BCUT2D eigenvalue weighted by atomic mass is 9.90. The lowest BCUT2D eigenvalue weighted by Gasteiger charge is -2.16. The van der Waals surface area contributed by atoms with Crippen molar-refractivity contribution in [2.45, 2.75) is 593 Å². The Bertz CT molecular complexity index is 4450. The Morgan fingerprint density at radius 1 is 0.208 bits per heavy atom. The molecule has 0 atom stereocenters. The maximum Gasteiger partial charge on any atom is 0.309 e. The zero-order valence-corrected chi connectivity index (χ0v) is 88.9. The van der Waals surface area contributed by atoms with Crippen LogP contribution in [0.5, 0.6) is 23.0 Å². The molecule has 5 aromatic carbocycles. The van der Waals surface area contributed by atoms with Crippen LogP contribution in [0.25, 0.3) is 0 Å². The molecule has 5 aromatic rings. The smallest absolute Gasteiger partial charge is 0.309 e. The van der Waals surface area contributed by atoms with Crippen molar-refractivity contribution in [2.75, 3.05) is 0 Å². The molecule has 0 heterocycles. The van der Waals surface area contributed by atoms with Crippen molar-refractivity contribution in [3.05, 3.63) is 150 Å². The van der Waals surface area contributed by atoms with Crippen LogP contribution in [-0.4, -0.2) is 75.8 Å². The fraction of sp³-hybridized carbons (Fsp3) is 0.741. The van der Waals surface area contributed by atoms with Crippen molar-refractivity contribution in [2.24, 2.45) is 54.1 Å². The zero-order valence-electron chi connectivity index (χ0n) is 88.9. The van der Waals surface area contributed by atoms with E-state index in [1.807, 2.05) is 6.07 Å². The number of carboxylic acid groups (broad SMARTS) is 5. The fourth-order valence-corrected chi connectivity index (χ4v) is 22.3. The molecule has 0 saturated heterocycles. The van der Waals surface area contributed by atoms with E-state index in [1.165, 1.54) is 257 Å². The summed E-state index contributed by atoms with van der Waals surface area (Å²) in [6.45, 7) is 23.2. The number of aromatic hydroxyl groups is 4. The Hall–Kier alpha value is -7.35. The Morgan fingerprint density at radius 2 is 0.416 bits per heavy atom. The lowest BCUT2D eigenvalue weighted by Crippen LogP contribution is -2.14. The predicted octanol–water partition coefficient (Wildman–Crippen LogP) is 39.5. The van der Waals surface area contributed by atoms with Crippen LogP contribution in [0.15, 0.2) is 66.7 Å². The third-order valence-corrected chi connectivity index (χ3v) is 36.5. The van der Waals surface area contributed by atoms with Crippen LogP contribution >= 0.6 is 0 Å². The van der Waals surface area contributed by atoms with E-state index >= 15 is 0 Å². The molecule has 0 spiro atoms. The van der Waals surface area contributed by atoms with Gasteiger partial charge in [0.2, 0.25) is 0 Å². The topological polar surface area (TPSA) is 267 Å². The van der Waals surface area contributed by atoms with Gasteiger partial charge in [-0.3, -0.25) is 24.0 Å². The Morgan fingerprint density at radius 3 is 0.671 bits per heavy atom. The number of phenols is 4. The molecular weight excluding hydrogens is 1850 g/mol. The minimum atomic E-state index is -0.643. The second-order valence-corrected chi connectivity index (χ2v) is 49.4. The number of unbranched alkanes of at least 4 members (excludes halogenated alkanes) is 20. The molecule has 149 heavy (non-hydrogen) atoms. The van der Waals surface area contributed by atoms with E-state index in [0.29, 0.717) is 27.1 Å². The summed E-state index contributed by atoms with van der Waals surface area (Å²) in [5, 5.41) is 86.4. The quantitative estimate of drug-likeness (QED) is 0.0129. The maximum absolute atomic E-state index is 11.3. The van der Waals surface area contributed by atoms with Gasteiger partial charge in [0.15, 0.2) is 23.0 Å². The third-order valence-electron chi connectivity index (χ3n) is 36.5. The van der Waals surface area contributed by atoms with Crippen molar-refractivity contribution in [1.29, 1.82) is 0 Å². The molecule has 0 aliphatic heterocycles. The summed E-state index contributed by atoms with van der Waals surface area (Å²) in [6, 6.07) is 23.5. The molecule has 9 N–H and O–H groups in total. The van der Waals surface area contributed by atoms with E-state index in [1.54, 1.807) is 40.5 Å². The van der Waals surface area contributed by atoms with Crippen LogP contribution in [0.1, 0.15) is 578 Å². The first-order valence-corrected chi connectivity index (χ1v) is 56.8. The van der Waals surface area contributed by atoms with Crippen molar-refractivity contribution >= 4 is 29.8 Å². The largest absolute Gasteiger partial charge is 0.504 e. The van der Waals surface area contributed by atoms with Crippen molar-refractivity contribution < 1.29 is 69.9 Å². The van der Waals surface area contributed by atoms with Crippen LogP contribution in [0.3, 0.4) is 0 Å². The van der Waals surface area contributed by atoms with Gasteiger partial charge in [0.1, 0.15) is 0 Å². The van der Waals surface area contributed by atoms with E-state index in [-0.39, 0.29) is 114 Å². The molecule has 0 bridgehead atoms. The minimum Gasteiger partial charge on any atom is -0.504 e. The number of benzene rings is 5. The molecule has 10 aliphatic carbocycles. The molecule has 14 nitrogen and oxygen atoms in total. The summed E-state index contributed by atoms with van der Waals surface area (Å²) in [7, 11) is 0. The molecule has 10 aliphatic rings. The van der Waals surface area contributed by atoms with Gasteiger partial charge in [-0.15, -0.1) is 0 Å². The second kappa shape index (κ2) is 64.9. The van der Waals surface area contributed by atoms with Gasteiger partial charge in [-0.1, -0.05) is 291 Å². The van der Waals surface area contributed by atoms with Gasteiger partial charge in [0.25, 0.3) is 0 Å². The van der Waals surface area contributed by atoms with Crippen molar-refractivity contribution in [3.8, 4) is 23.0 Å². The Kier molecular flexibility index (Phi) is 60.8. The normalized spacial score (nSPS) is 17.6. The van der Waals surface area contributed by atoms with Crippen LogP contribution in [0, 0.1) is 88.8 Å². The number of aliphatic carboxylic acids is 5. The molecule has 10 fully saturated rings. The number of hydrogen-bond acceptors (Lipinski definition) is 9. The molecular formula is C135H230O14. The molecule has 0 unspecified atom stereocenters. The van der Waals surface area contributed by atoms with Gasteiger partial charge in [0.05, 0.1) is 27.1 Å². The maximum atomic E-state index is 11.3. The molecule has 15 rings (SSSR count). The van der Waals surface area contributed by atoms with Gasteiger partial charge < -0.3 is 46.0 Å². The summed E-state index contributed by atoms with van der Waals surface area (Å²) < 4.78 is 0. The van der Waals surface area contributed by atoms with Crippen LogP contribution < -0.4 is 0 Å². The molecule has 0 radical (unpaired) electrons. The summed E-state index contributed by atoms with van der Waals surface area (Å²) in [5.41, 5.74) is 22.2. The second-order valence-electron chi connectivity index (χ2n) is 49.4. The van der Waals surface area contributed by atoms with E-state index in [4.69, 9.17) is 0 Å². The third kappa shape index (κ3) is 46.3. The van der Waals surface area contributed by atoms with Gasteiger partial charge in [0, 0.05) is 5.56 Å².